The molecule has 162 valence electrons. The summed E-state index contributed by atoms with van der Waals surface area (Å²) in [5.41, 5.74) is 0.659. The lowest BCUT2D eigenvalue weighted by Gasteiger charge is -2.20. The number of carbonyl (C=O) groups is 1. The number of methoxy groups -OCH3 is 3. The van der Waals surface area contributed by atoms with Crippen molar-refractivity contribution in [3.8, 4) is 17.2 Å². The number of ether oxygens (including phenoxy) is 3. The smallest absolute Gasteiger partial charge is 0.302 e. The molecule has 0 saturated heterocycles. The molecule has 1 N–H and O–H groups in total. The summed E-state index contributed by atoms with van der Waals surface area (Å²) in [5, 5.41) is 14.7. The van der Waals surface area contributed by atoms with Crippen LogP contribution in [0.2, 0.25) is 0 Å². The van der Waals surface area contributed by atoms with Crippen molar-refractivity contribution in [3.63, 3.8) is 0 Å². The Bertz CT molecular complexity index is 925. The lowest BCUT2D eigenvalue weighted by Crippen LogP contribution is -2.32. The molecule has 0 aliphatic carbocycles. The summed E-state index contributed by atoms with van der Waals surface area (Å²) in [7, 11) is 6.97. The van der Waals surface area contributed by atoms with Crippen LogP contribution < -0.4 is 19.5 Å². The largest absolute Gasteiger partial charge is 0.493 e. The molecule has 1 unspecified atom stereocenters. The molecule has 0 radical (unpaired) electrons. The Kier molecular flexibility index (Phi) is 8.75. The Morgan fingerprint density at radius 2 is 1.93 bits per heavy atom. The number of hydrogen-bond acceptors (Lipinski definition) is 10. The summed E-state index contributed by atoms with van der Waals surface area (Å²) in [6.07, 6.45) is 1.50. The number of aromatic nitrogens is 1. The maximum absolute atomic E-state index is 11.6. The van der Waals surface area contributed by atoms with Crippen molar-refractivity contribution in [1.82, 2.24) is 10.3 Å². The predicted molar refractivity (Wildman–Crippen MR) is 116 cm³/mol. The molecular weight excluding hydrogens is 430 g/mol. The Morgan fingerprint density at radius 3 is 2.50 bits per heavy atom. The third-order valence-corrected chi connectivity index (χ3v) is 6.61. The van der Waals surface area contributed by atoms with Crippen LogP contribution in [-0.4, -0.2) is 43.1 Å². The third-order valence-electron chi connectivity index (χ3n) is 4.24. The first kappa shape index (κ1) is 23.8. The van der Waals surface area contributed by atoms with Crippen molar-refractivity contribution in [3.05, 3.63) is 40.1 Å². The molecule has 1 aromatic carbocycles. The van der Waals surface area contributed by atoms with E-state index in [2.05, 4.69) is 10.3 Å². The van der Waals surface area contributed by atoms with E-state index >= 15 is 0 Å². The number of benzene rings is 1. The van der Waals surface area contributed by atoms with Gasteiger partial charge in [0.15, 0.2) is 16.5 Å². The minimum absolute atomic E-state index is 0.00197. The predicted octanol–water partition coefficient (Wildman–Crippen LogP) is 3.88. The minimum atomic E-state index is -0.470. The Labute approximate surface area is 182 Å². The summed E-state index contributed by atoms with van der Waals surface area (Å²) in [5.74, 6) is 1.34. The monoisotopic (exact) mass is 453 g/mol. The van der Waals surface area contributed by atoms with Gasteiger partial charge in [0.25, 0.3) is 0 Å². The standard InChI is InChI=1S/C19H23N3O6S2/c1-11(12(2)23)21-10-13-16(9-15(26-3)18(28-5)17(13)27-4)29-30-19-14(22(24)25)7-6-8-20-19/h6-9,11,21H,10H2,1-5H3. The van der Waals surface area contributed by atoms with Gasteiger partial charge in [0.05, 0.1) is 32.3 Å². The molecule has 0 spiro atoms. The SMILES string of the molecule is COc1cc(SSc2ncccc2[N+](=O)[O-])c(CNC(C)C(C)=O)c(OC)c1OC. The van der Waals surface area contributed by atoms with E-state index in [1.54, 1.807) is 13.0 Å². The van der Waals surface area contributed by atoms with Crippen molar-refractivity contribution in [2.24, 2.45) is 0 Å². The number of nitro groups is 1. The van der Waals surface area contributed by atoms with Gasteiger partial charge in [0.2, 0.25) is 5.75 Å². The molecule has 0 aliphatic rings. The Balaban J connectivity index is 2.45. The maximum Gasteiger partial charge on any atom is 0.302 e. The van der Waals surface area contributed by atoms with Crippen LogP contribution in [0.15, 0.2) is 34.3 Å². The van der Waals surface area contributed by atoms with Crippen molar-refractivity contribution in [2.45, 2.75) is 36.4 Å². The number of pyridine rings is 1. The molecule has 30 heavy (non-hydrogen) atoms. The normalized spacial score (nSPS) is 11.6. The number of carbonyl (C=O) groups excluding carboxylic acids is 1. The fraction of sp³-hybridized carbons (Fsp3) is 0.368. The minimum Gasteiger partial charge on any atom is -0.493 e. The van der Waals surface area contributed by atoms with Crippen molar-refractivity contribution < 1.29 is 23.9 Å². The van der Waals surface area contributed by atoms with Crippen molar-refractivity contribution in [1.29, 1.82) is 0 Å². The fourth-order valence-corrected chi connectivity index (χ4v) is 4.76. The molecule has 0 aliphatic heterocycles. The fourth-order valence-electron chi connectivity index (χ4n) is 2.50. The van der Waals surface area contributed by atoms with Gasteiger partial charge in [-0.05, 0) is 36.8 Å². The molecule has 9 nitrogen and oxygen atoms in total. The van der Waals surface area contributed by atoms with Crippen LogP contribution in [0.25, 0.3) is 0 Å². The summed E-state index contributed by atoms with van der Waals surface area (Å²) >= 11 is 0. The molecule has 11 heteroatoms. The summed E-state index contributed by atoms with van der Waals surface area (Å²) < 4.78 is 16.5. The molecule has 1 aromatic heterocycles. The third kappa shape index (κ3) is 5.55. The zero-order chi connectivity index (χ0) is 22.3. The highest BCUT2D eigenvalue weighted by Gasteiger charge is 2.23. The van der Waals surface area contributed by atoms with Gasteiger partial charge < -0.3 is 19.5 Å². The van der Waals surface area contributed by atoms with Gasteiger partial charge in [-0.15, -0.1) is 0 Å². The van der Waals surface area contributed by atoms with Crippen LogP contribution in [0, 0.1) is 10.1 Å². The highest BCUT2D eigenvalue weighted by Crippen LogP contribution is 2.49. The van der Waals surface area contributed by atoms with E-state index in [1.165, 1.54) is 57.4 Å². The zero-order valence-corrected chi connectivity index (χ0v) is 18.9. The average molecular weight is 454 g/mol. The van der Waals surface area contributed by atoms with E-state index in [1.807, 2.05) is 0 Å². The second-order valence-electron chi connectivity index (χ2n) is 6.09. The number of nitrogens with zero attached hydrogens (tertiary/aromatic N) is 2. The van der Waals surface area contributed by atoms with Crippen molar-refractivity contribution >= 4 is 33.1 Å². The zero-order valence-electron chi connectivity index (χ0n) is 17.3. The lowest BCUT2D eigenvalue weighted by atomic mass is 10.1. The van der Waals surface area contributed by atoms with Gasteiger partial charge in [-0.25, -0.2) is 4.98 Å². The highest BCUT2D eigenvalue weighted by molar-refractivity contribution is 8.76. The molecule has 0 saturated carbocycles. The highest BCUT2D eigenvalue weighted by atomic mass is 33.1. The second kappa shape index (κ2) is 11.0. The van der Waals surface area contributed by atoms with E-state index in [0.717, 1.165) is 21.3 Å². The summed E-state index contributed by atoms with van der Waals surface area (Å²) in [4.78, 5) is 27.3. The van der Waals surface area contributed by atoms with E-state index in [0.29, 0.717) is 23.8 Å². The van der Waals surface area contributed by atoms with Gasteiger partial charge in [-0.1, -0.05) is 10.8 Å². The molecule has 2 aromatic rings. The molecule has 2 rings (SSSR count). The van der Waals surface area contributed by atoms with Crippen LogP contribution in [0.4, 0.5) is 5.69 Å². The molecular formula is C19H23N3O6S2. The molecule has 0 fully saturated rings. The number of rotatable bonds is 11. The van der Waals surface area contributed by atoms with Gasteiger partial charge in [0, 0.05) is 29.3 Å². The number of Topliss-reactive ketones (excluding diaryl/α,β-unsaturated/α-hetero) is 1. The van der Waals surface area contributed by atoms with Gasteiger partial charge in [-0.3, -0.25) is 14.9 Å². The molecule has 1 heterocycles. The summed E-state index contributed by atoms with van der Waals surface area (Å²) in [6, 6.07) is 4.33. The average Bonchev–Trinajstić information content (AvgIpc) is 2.74. The van der Waals surface area contributed by atoms with Gasteiger partial charge >= 0.3 is 5.69 Å². The Morgan fingerprint density at radius 1 is 1.23 bits per heavy atom. The lowest BCUT2D eigenvalue weighted by molar-refractivity contribution is -0.388. The van der Waals surface area contributed by atoms with E-state index in [-0.39, 0.29) is 22.5 Å². The van der Waals surface area contributed by atoms with E-state index < -0.39 is 4.92 Å². The quantitative estimate of drug-likeness (QED) is 0.305. The second-order valence-corrected chi connectivity index (χ2v) is 8.25. The van der Waals surface area contributed by atoms with Crippen LogP contribution in [0.5, 0.6) is 17.2 Å². The number of ketones is 1. The van der Waals surface area contributed by atoms with Crippen LogP contribution in [-0.2, 0) is 11.3 Å². The first-order valence-corrected chi connectivity index (χ1v) is 11.0. The van der Waals surface area contributed by atoms with Crippen LogP contribution in [0.1, 0.15) is 19.4 Å². The van der Waals surface area contributed by atoms with Crippen LogP contribution >= 0.6 is 21.6 Å². The number of hydrogen-bond donors (Lipinski definition) is 1. The maximum atomic E-state index is 11.6. The van der Waals surface area contributed by atoms with Gasteiger partial charge in [0.1, 0.15) is 5.78 Å². The number of nitrogens with one attached hydrogen (secondary N) is 1. The van der Waals surface area contributed by atoms with E-state index in [4.69, 9.17) is 14.2 Å². The first-order chi connectivity index (χ1) is 14.3. The summed E-state index contributed by atoms with van der Waals surface area (Å²) in [6.45, 7) is 3.60. The van der Waals surface area contributed by atoms with Gasteiger partial charge in [-0.2, -0.15) is 0 Å². The Hall–Kier alpha value is -2.50. The molecule has 0 amide bonds. The topological polar surface area (TPSA) is 113 Å². The van der Waals surface area contributed by atoms with E-state index in [9.17, 15) is 14.9 Å². The van der Waals surface area contributed by atoms with Crippen molar-refractivity contribution in [2.75, 3.05) is 21.3 Å². The van der Waals surface area contributed by atoms with Crippen LogP contribution in [0.3, 0.4) is 0 Å². The first-order valence-electron chi connectivity index (χ1n) is 8.83. The molecule has 1 atom stereocenters. The molecule has 0 bridgehead atoms.